The SMILES string of the molecule is Cc1scc(C(=O)N/N=C\c2cn(Cc3ccccc3)nc2-c2ccccc2)c1C. The molecule has 0 saturated heterocycles. The summed E-state index contributed by atoms with van der Waals surface area (Å²) in [4.78, 5) is 13.6. The number of hydrazone groups is 1. The Morgan fingerprint density at radius 2 is 1.80 bits per heavy atom. The molecule has 4 aromatic rings. The summed E-state index contributed by atoms with van der Waals surface area (Å²) in [6.45, 7) is 4.62. The quantitative estimate of drug-likeness (QED) is 0.355. The van der Waals surface area contributed by atoms with Crippen molar-refractivity contribution in [3.05, 3.63) is 99.4 Å². The van der Waals surface area contributed by atoms with E-state index in [0.717, 1.165) is 27.3 Å². The molecular formula is C24H22N4OS. The van der Waals surface area contributed by atoms with Crippen LogP contribution in [0.15, 0.2) is 77.3 Å². The Morgan fingerprint density at radius 3 is 2.47 bits per heavy atom. The van der Waals surface area contributed by atoms with Gasteiger partial charge in [-0.3, -0.25) is 9.48 Å². The second-order valence-corrected chi connectivity index (χ2v) is 8.10. The minimum absolute atomic E-state index is 0.203. The average molecular weight is 415 g/mol. The van der Waals surface area contributed by atoms with Crippen LogP contribution in [-0.2, 0) is 6.54 Å². The van der Waals surface area contributed by atoms with Crippen molar-refractivity contribution < 1.29 is 4.79 Å². The number of rotatable bonds is 6. The highest BCUT2D eigenvalue weighted by Crippen LogP contribution is 2.22. The molecule has 0 atom stereocenters. The molecule has 0 aliphatic rings. The first kappa shape index (κ1) is 19.8. The topological polar surface area (TPSA) is 59.3 Å². The van der Waals surface area contributed by atoms with Crippen LogP contribution in [0, 0.1) is 13.8 Å². The van der Waals surface area contributed by atoms with Crippen molar-refractivity contribution in [2.24, 2.45) is 5.10 Å². The average Bonchev–Trinajstić information content (AvgIpc) is 3.32. The summed E-state index contributed by atoms with van der Waals surface area (Å²) in [5.74, 6) is -0.203. The Bertz CT molecular complexity index is 1180. The predicted molar refractivity (Wildman–Crippen MR) is 122 cm³/mol. The predicted octanol–water partition coefficient (Wildman–Crippen LogP) is 5.04. The smallest absolute Gasteiger partial charge is 0.267 e. The van der Waals surface area contributed by atoms with Crippen molar-refractivity contribution in [3.63, 3.8) is 0 Å². The Kier molecular flexibility index (Phi) is 5.86. The maximum absolute atomic E-state index is 12.4. The van der Waals surface area contributed by atoms with E-state index in [9.17, 15) is 4.79 Å². The van der Waals surface area contributed by atoms with Gasteiger partial charge < -0.3 is 0 Å². The molecule has 0 fully saturated rings. The second kappa shape index (κ2) is 8.88. The van der Waals surface area contributed by atoms with Crippen LogP contribution in [0.4, 0.5) is 0 Å². The number of amides is 1. The molecule has 2 heterocycles. The number of aryl methyl sites for hydroxylation is 1. The van der Waals surface area contributed by atoms with Crippen LogP contribution in [0.2, 0.25) is 0 Å². The standard InChI is InChI=1S/C24H22N4OS/c1-17-18(2)30-16-22(17)24(29)26-25-13-21-15-28(14-19-9-5-3-6-10-19)27-23(21)20-11-7-4-8-12-20/h3-13,15-16H,14H2,1-2H3,(H,26,29)/b25-13-. The van der Waals surface area contributed by atoms with Gasteiger partial charge in [-0.25, -0.2) is 5.43 Å². The third-order valence-corrected chi connectivity index (χ3v) is 5.94. The van der Waals surface area contributed by atoms with Crippen molar-refractivity contribution in [2.45, 2.75) is 20.4 Å². The molecular weight excluding hydrogens is 392 g/mol. The number of hydrogen-bond donors (Lipinski definition) is 1. The molecule has 4 rings (SSSR count). The van der Waals surface area contributed by atoms with Crippen LogP contribution < -0.4 is 5.43 Å². The van der Waals surface area contributed by atoms with Crippen LogP contribution in [-0.4, -0.2) is 21.9 Å². The molecule has 1 N–H and O–H groups in total. The van der Waals surface area contributed by atoms with Gasteiger partial charge in [0.15, 0.2) is 0 Å². The number of benzene rings is 2. The van der Waals surface area contributed by atoms with Crippen LogP contribution in [0.25, 0.3) is 11.3 Å². The van der Waals surface area contributed by atoms with Crippen molar-refractivity contribution >= 4 is 23.5 Å². The van der Waals surface area contributed by atoms with Crippen molar-refractivity contribution in [3.8, 4) is 11.3 Å². The van der Waals surface area contributed by atoms with Gasteiger partial charge in [0.05, 0.1) is 18.3 Å². The second-order valence-electron chi connectivity index (χ2n) is 7.01. The fourth-order valence-electron chi connectivity index (χ4n) is 3.16. The number of aromatic nitrogens is 2. The summed E-state index contributed by atoms with van der Waals surface area (Å²) < 4.78 is 1.90. The summed E-state index contributed by atoms with van der Waals surface area (Å²) in [6, 6.07) is 20.2. The van der Waals surface area contributed by atoms with Gasteiger partial charge in [-0.2, -0.15) is 10.2 Å². The fraction of sp³-hybridized carbons (Fsp3) is 0.125. The van der Waals surface area contributed by atoms with Crippen molar-refractivity contribution in [1.82, 2.24) is 15.2 Å². The van der Waals surface area contributed by atoms with Gasteiger partial charge >= 0.3 is 0 Å². The van der Waals surface area contributed by atoms with Gasteiger partial charge in [0.25, 0.3) is 5.91 Å². The number of nitrogens with one attached hydrogen (secondary N) is 1. The zero-order valence-corrected chi connectivity index (χ0v) is 17.7. The zero-order valence-electron chi connectivity index (χ0n) is 16.9. The number of thiophene rings is 1. The number of carbonyl (C=O) groups is 1. The first-order valence-electron chi connectivity index (χ1n) is 9.66. The molecule has 6 heteroatoms. The largest absolute Gasteiger partial charge is 0.272 e. The highest BCUT2D eigenvalue weighted by atomic mass is 32.1. The number of carbonyl (C=O) groups excluding carboxylic acids is 1. The molecule has 0 radical (unpaired) electrons. The molecule has 0 aliphatic carbocycles. The van der Waals surface area contributed by atoms with Crippen LogP contribution in [0.3, 0.4) is 0 Å². The monoisotopic (exact) mass is 414 g/mol. The molecule has 5 nitrogen and oxygen atoms in total. The van der Waals surface area contributed by atoms with E-state index >= 15 is 0 Å². The minimum Gasteiger partial charge on any atom is -0.267 e. The van der Waals surface area contributed by atoms with E-state index in [4.69, 9.17) is 5.10 Å². The number of nitrogens with zero attached hydrogens (tertiary/aromatic N) is 3. The van der Waals surface area contributed by atoms with Crippen LogP contribution >= 0.6 is 11.3 Å². The van der Waals surface area contributed by atoms with E-state index in [1.807, 2.05) is 78.6 Å². The molecule has 0 aliphatic heterocycles. The summed E-state index contributed by atoms with van der Waals surface area (Å²) in [5, 5.41) is 10.8. The van der Waals surface area contributed by atoms with E-state index < -0.39 is 0 Å². The van der Waals surface area contributed by atoms with E-state index in [1.165, 1.54) is 5.56 Å². The van der Waals surface area contributed by atoms with Crippen LogP contribution in [0.5, 0.6) is 0 Å². The molecule has 0 saturated carbocycles. The summed E-state index contributed by atoms with van der Waals surface area (Å²) in [5.41, 5.74) is 8.13. The third-order valence-electron chi connectivity index (χ3n) is 4.92. The highest BCUT2D eigenvalue weighted by molar-refractivity contribution is 7.10. The first-order chi connectivity index (χ1) is 14.6. The Morgan fingerprint density at radius 1 is 1.10 bits per heavy atom. The lowest BCUT2D eigenvalue weighted by Gasteiger charge is -2.01. The van der Waals surface area contributed by atoms with E-state index in [-0.39, 0.29) is 5.91 Å². The van der Waals surface area contributed by atoms with Gasteiger partial charge in [-0.15, -0.1) is 11.3 Å². The summed E-state index contributed by atoms with van der Waals surface area (Å²) in [7, 11) is 0. The molecule has 2 aromatic heterocycles. The van der Waals surface area contributed by atoms with E-state index in [1.54, 1.807) is 17.6 Å². The van der Waals surface area contributed by atoms with Crippen LogP contribution in [0.1, 0.15) is 31.9 Å². The van der Waals surface area contributed by atoms with E-state index in [2.05, 4.69) is 22.7 Å². The normalized spacial score (nSPS) is 11.1. The lowest BCUT2D eigenvalue weighted by molar-refractivity contribution is 0.0955. The van der Waals surface area contributed by atoms with Crippen molar-refractivity contribution in [2.75, 3.05) is 0 Å². The maximum atomic E-state index is 12.4. The molecule has 0 bridgehead atoms. The Balaban J connectivity index is 1.58. The zero-order chi connectivity index (χ0) is 20.9. The first-order valence-corrected chi connectivity index (χ1v) is 10.5. The van der Waals surface area contributed by atoms with E-state index in [0.29, 0.717) is 12.1 Å². The lowest BCUT2D eigenvalue weighted by atomic mass is 10.1. The maximum Gasteiger partial charge on any atom is 0.272 e. The molecule has 30 heavy (non-hydrogen) atoms. The molecule has 0 spiro atoms. The van der Waals surface area contributed by atoms with Gasteiger partial charge in [0, 0.05) is 27.6 Å². The molecule has 2 aromatic carbocycles. The summed E-state index contributed by atoms with van der Waals surface area (Å²) in [6.07, 6.45) is 3.61. The highest BCUT2D eigenvalue weighted by Gasteiger charge is 2.13. The molecule has 1 amide bonds. The molecule has 0 unspecified atom stereocenters. The Labute approximate surface area is 179 Å². The third kappa shape index (κ3) is 4.39. The van der Waals surface area contributed by atoms with Gasteiger partial charge in [-0.1, -0.05) is 60.7 Å². The van der Waals surface area contributed by atoms with Gasteiger partial charge in [-0.05, 0) is 25.0 Å². The number of hydrogen-bond acceptors (Lipinski definition) is 4. The summed E-state index contributed by atoms with van der Waals surface area (Å²) >= 11 is 1.57. The minimum atomic E-state index is -0.203. The van der Waals surface area contributed by atoms with Gasteiger partial charge in [0.1, 0.15) is 5.69 Å². The molecule has 150 valence electrons. The van der Waals surface area contributed by atoms with Crippen molar-refractivity contribution in [1.29, 1.82) is 0 Å². The fourth-order valence-corrected chi connectivity index (χ4v) is 4.03. The van der Waals surface area contributed by atoms with Gasteiger partial charge in [0.2, 0.25) is 0 Å². The lowest BCUT2D eigenvalue weighted by Crippen LogP contribution is -2.17. The Hall–Kier alpha value is -3.51.